The van der Waals surface area contributed by atoms with Crippen molar-refractivity contribution in [3.8, 4) is 0 Å². The number of hydrogen-bond acceptors (Lipinski definition) is 1. The Balaban J connectivity index is 3.46. The summed E-state index contributed by atoms with van der Waals surface area (Å²) in [6, 6.07) is 0. The molecule has 0 aliphatic heterocycles. The minimum absolute atomic E-state index is 0.416. The zero-order valence-corrected chi connectivity index (χ0v) is 11.1. The van der Waals surface area contributed by atoms with E-state index in [9.17, 15) is 0 Å². The Labute approximate surface area is 96.8 Å². The van der Waals surface area contributed by atoms with Crippen molar-refractivity contribution in [2.75, 3.05) is 6.54 Å². The molecule has 1 atom stereocenters. The summed E-state index contributed by atoms with van der Waals surface area (Å²) in [5, 5.41) is 0. The van der Waals surface area contributed by atoms with E-state index in [1.54, 1.807) is 0 Å². The summed E-state index contributed by atoms with van der Waals surface area (Å²) in [4.78, 5) is 0. The summed E-state index contributed by atoms with van der Waals surface area (Å²) < 4.78 is 0. The highest BCUT2D eigenvalue weighted by atomic mass is 14.6. The quantitative estimate of drug-likeness (QED) is 0.531. The van der Waals surface area contributed by atoms with Gasteiger partial charge >= 0.3 is 0 Å². The van der Waals surface area contributed by atoms with Crippen LogP contribution in [0, 0.1) is 5.41 Å². The summed E-state index contributed by atoms with van der Waals surface area (Å²) in [5.74, 6) is 0. The predicted molar refractivity (Wildman–Crippen MR) is 70.1 cm³/mol. The Morgan fingerprint density at radius 3 is 1.93 bits per heavy atom. The molecule has 15 heavy (non-hydrogen) atoms. The summed E-state index contributed by atoms with van der Waals surface area (Å²) in [5.41, 5.74) is 6.27. The van der Waals surface area contributed by atoms with Gasteiger partial charge in [0.2, 0.25) is 0 Å². The summed E-state index contributed by atoms with van der Waals surface area (Å²) in [6.07, 6.45) is 12.2. The molecule has 0 spiro atoms. The van der Waals surface area contributed by atoms with Crippen molar-refractivity contribution in [1.82, 2.24) is 0 Å². The van der Waals surface area contributed by atoms with E-state index < -0.39 is 0 Å². The van der Waals surface area contributed by atoms with Gasteiger partial charge in [0, 0.05) is 0 Å². The van der Waals surface area contributed by atoms with E-state index in [1.807, 2.05) is 0 Å². The van der Waals surface area contributed by atoms with Crippen molar-refractivity contribution < 1.29 is 0 Å². The van der Waals surface area contributed by atoms with Crippen LogP contribution in [0.25, 0.3) is 0 Å². The molecule has 0 amide bonds. The van der Waals surface area contributed by atoms with Gasteiger partial charge in [0.15, 0.2) is 0 Å². The van der Waals surface area contributed by atoms with Crippen LogP contribution in [0.5, 0.6) is 0 Å². The second-order valence-corrected chi connectivity index (χ2v) is 5.28. The van der Waals surface area contributed by atoms with Crippen molar-refractivity contribution in [1.29, 1.82) is 0 Å². The van der Waals surface area contributed by atoms with Crippen LogP contribution in [0.15, 0.2) is 0 Å². The van der Waals surface area contributed by atoms with Crippen molar-refractivity contribution in [3.63, 3.8) is 0 Å². The molecular weight excluding hydrogens is 182 g/mol. The monoisotopic (exact) mass is 213 g/mol. The smallest absolute Gasteiger partial charge is 0.00232 e. The molecule has 0 aromatic carbocycles. The van der Waals surface area contributed by atoms with E-state index in [0.29, 0.717) is 5.41 Å². The summed E-state index contributed by atoms with van der Waals surface area (Å²) in [6.45, 7) is 7.74. The first-order chi connectivity index (χ1) is 7.18. The van der Waals surface area contributed by atoms with Gasteiger partial charge in [-0.15, -0.1) is 0 Å². The molecule has 0 fully saturated rings. The van der Waals surface area contributed by atoms with E-state index in [4.69, 9.17) is 5.73 Å². The van der Waals surface area contributed by atoms with Gasteiger partial charge in [0.05, 0.1) is 0 Å². The van der Waals surface area contributed by atoms with E-state index >= 15 is 0 Å². The van der Waals surface area contributed by atoms with Gasteiger partial charge in [-0.25, -0.2) is 0 Å². The van der Waals surface area contributed by atoms with Crippen LogP contribution in [0.1, 0.15) is 78.6 Å². The average Bonchev–Trinajstić information content (AvgIpc) is 2.24. The second kappa shape index (κ2) is 9.21. The maximum atomic E-state index is 5.86. The normalized spacial score (nSPS) is 15.2. The third-order valence-corrected chi connectivity index (χ3v) is 3.48. The number of unbranched alkanes of at least 4 members (excludes halogenated alkanes) is 5. The lowest BCUT2D eigenvalue weighted by Gasteiger charge is -2.27. The highest BCUT2D eigenvalue weighted by Crippen LogP contribution is 2.28. The molecule has 1 nitrogen and oxygen atoms in total. The molecule has 0 aliphatic rings. The molecule has 0 rings (SSSR count). The highest BCUT2D eigenvalue weighted by Gasteiger charge is 2.20. The molecule has 0 radical (unpaired) electrons. The number of nitrogens with two attached hydrogens (primary N) is 1. The van der Waals surface area contributed by atoms with E-state index in [1.165, 1.54) is 57.8 Å². The van der Waals surface area contributed by atoms with Gasteiger partial charge in [-0.2, -0.15) is 0 Å². The second-order valence-electron chi connectivity index (χ2n) is 5.28. The van der Waals surface area contributed by atoms with E-state index in [2.05, 4.69) is 20.8 Å². The van der Waals surface area contributed by atoms with Crippen molar-refractivity contribution in [2.24, 2.45) is 11.1 Å². The lowest BCUT2D eigenvalue weighted by molar-refractivity contribution is 0.269. The van der Waals surface area contributed by atoms with Crippen molar-refractivity contribution in [2.45, 2.75) is 78.6 Å². The Morgan fingerprint density at radius 2 is 1.40 bits per heavy atom. The molecule has 1 heteroatoms. The molecule has 0 aromatic rings. The largest absolute Gasteiger partial charge is 0.330 e. The molecule has 2 N–H and O–H groups in total. The molecule has 0 heterocycles. The van der Waals surface area contributed by atoms with Gasteiger partial charge < -0.3 is 5.73 Å². The van der Waals surface area contributed by atoms with Gasteiger partial charge in [-0.3, -0.25) is 0 Å². The van der Waals surface area contributed by atoms with Crippen LogP contribution in [0.3, 0.4) is 0 Å². The molecule has 0 bridgehead atoms. The lowest BCUT2D eigenvalue weighted by atomic mass is 9.80. The third-order valence-electron chi connectivity index (χ3n) is 3.48. The van der Waals surface area contributed by atoms with Crippen LogP contribution >= 0.6 is 0 Å². The van der Waals surface area contributed by atoms with Gasteiger partial charge in [-0.1, -0.05) is 65.7 Å². The van der Waals surface area contributed by atoms with Gasteiger partial charge in [-0.05, 0) is 24.8 Å². The van der Waals surface area contributed by atoms with Crippen molar-refractivity contribution in [3.05, 3.63) is 0 Å². The zero-order valence-electron chi connectivity index (χ0n) is 11.1. The third kappa shape index (κ3) is 7.84. The van der Waals surface area contributed by atoms with Gasteiger partial charge in [0.1, 0.15) is 0 Å². The number of hydrogen-bond donors (Lipinski definition) is 1. The molecule has 92 valence electrons. The molecule has 0 aromatic heterocycles. The van der Waals surface area contributed by atoms with E-state index in [-0.39, 0.29) is 0 Å². The highest BCUT2D eigenvalue weighted by molar-refractivity contribution is 4.74. The molecule has 0 saturated carbocycles. The maximum Gasteiger partial charge on any atom is -0.00232 e. The first kappa shape index (κ1) is 15.0. The van der Waals surface area contributed by atoms with Crippen molar-refractivity contribution >= 4 is 0 Å². The Hall–Kier alpha value is -0.0400. The topological polar surface area (TPSA) is 26.0 Å². The maximum absolute atomic E-state index is 5.86. The Bertz CT molecular complexity index is 133. The van der Waals surface area contributed by atoms with Crippen LogP contribution in [-0.4, -0.2) is 6.54 Å². The molecule has 0 aliphatic carbocycles. The minimum atomic E-state index is 0.416. The standard InChI is InChI=1S/C14H31N/c1-4-6-7-8-9-10-12-14(3,13-15)11-5-2/h4-13,15H2,1-3H3/t14-/m0/s1. The molecular formula is C14H31N. The fourth-order valence-electron chi connectivity index (χ4n) is 2.26. The summed E-state index contributed by atoms with van der Waals surface area (Å²) >= 11 is 0. The van der Waals surface area contributed by atoms with Crippen LogP contribution in [0.4, 0.5) is 0 Å². The predicted octanol–water partition coefficient (Wildman–Crippen LogP) is 4.50. The first-order valence-corrected chi connectivity index (χ1v) is 6.88. The molecule has 0 unspecified atom stereocenters. The Morgan fingerprint density at radius 1 is 0.800 bits per heavy atom. The number of rotatable bonds is 10. The minimum Gasteiger partial charge on any atom is -0.330 e. The van der Waals surface area contributed by atoms with Crippen LogP contribution < -0.4 is 5.73 Å². The van der Waals surface area contributed by atoms with Crippen LogP contribution in [0.2, 0.25) is 0 Å². The zero-order chi connectivity index (χ0) is 11.6. The first-order valence-electron chi connectivity index (χ1n) is 6.88. The van der Waals surface area contributed by atoms with E-state index in [0.717, 1.165) is 6.54 Å². The molecule has 0 saturated heterocycles. The lowest BCUT2D eigenvalue weighted by Crippen LogP contribution is -2.26. The average molecular weight is 213 g/mol. The van der Waals surface area contributed by atoms with Gasteiger partial charge in [0.25, 0.3) is 0 Å². The fourth-order valence-corrected chi connectivity index (χ4v) is 2.26. The summed E-state index contributed by atoms with van der Waals surface area (Å²) in [7, 11) is 0. The fraction of sp³-hybridized carbons (Fsp3) is 1.00. The Kier molecular flexibility index (Phi) is 9.18. The SMILES string of the molecule is CCCCCCCC[C@@](C)(CN)CCC. The van der Waals surface area contributed by atoms with Crippen LogP contribution in [-0.2, 0) is 0 Å².